The molecule has 0 unspecified atom stereocenters. The summed E-state index contributed by atoms with van der Waals surface area (Å²) in [6.07, 6.45) is 0. The lowest BCUT2D eigenvalue weighted by molar-refractivity contribution is -0.148. The molecule has 12 heavy (non-hydrogen) atoms. The second-order valence-corrected chi connectivity index (χ2v) is 2.34. The molecular weight excluding hydrogens is 182 g/mol. The number of nitrogens with zero attached hydrogens (tertiary/aromatic N) is 1. The van der Waals surface area contributed by atoms with E-state index in [1.54, 1.807) is 0 Å². The van der Waals surface area contributed by atoms with Gasteiger partial charge in [0.1, 0.15) is 0 Å². The minimum atomic E-state index is -0.523. The van der Waals surface area contributed by atoms with Gasteiger partial charge in [0.05, 0.1) is 0 Å². The Morgan fingerprint density at radius 3 is 2.75 bits per heavy atom. The van der Waals surface area contributed by atoms with Crippen LogP contribution in [-0.2, 0) is 9.59 Å². The van der Waals surface area contributed by atoms with E-state index in [2.05, 4.69) is 5.32 Å². The number of carbonyl (C=O) groups is 2. The van der Waals surface area contributed by atoms with Crippen molar-refractivity contribution in [2.45, 2.75) is 0 Å². The van der Waals surface area contributed by atoms with Crippen molar-refractivity contribution in [1.82, 2.24) is 10.2 Å². The fourth-order valence-electron chi connectivity index (χ4n) is 0.994. The number of piperazine rings is 1. The maximum absolute atomic E-state index is 11.0. The molecule has 1 saturated heterocycles. The molecule has 0 aromatic rings. The maximum Gasteiger partial charge on any atom is 0.311 e. The smallest absolute Gasteiger partial charge is 0.311 e. The van der Waals surface area contributed by atoms with Crippen LogP contribution in [0.1, 0.15) is 0 Å². The van der Waals surface area contributed by atoms with Gasteiger partial charge in [0, 0.05) is 26.2 Å². The van der Waals surface area contributed by atoms with Gasteiger partial charge in [0.2, 0.25) is 0 Å². The van der Waals surface area contributed by atoms with E-state index in [1.807, 2.05) is 0 Å². The number of amides is 2. The molecular formula is C6H12ClN3O2. The van der Waals surface area contributed by atoms with Crippen LogP contribution < -0.4 is 11.1 Å². The third-order valence-corrected chi connectivity index (χ3v) is 1.55. The molecule has 0 atom stereocenters. The second-order valence-electron chi connectivity index (χ2n) is 2.34. The topological polar surface area (TPSA) is 75.4 Å². The molecule has 3 N–H and O–H groups in total. The van der Waals surface area contributed by atoms with Crippen molar-refractivity contribution in [1.29, 1.82) is 0 Å². The molecule has 1 rings (SSSR count). The first-order chi connectivity index (χ1) is 5.25. The average molecular weight is 194 g/mol. The Labute approximate surface area is 76.7 Å². The fourth-order valence-corrected chi connectivity index (χ4v) is 0.994. The zero-order chi connectivity index (χ0) is 8.27. The molecule has 0 aliphatic carbocycles. The highest BCUT2D eigenvalue weighted by atomic mass is 35.5. The first kappa shape index (κ1) is 11.2. The molecule has 5 nitrogen and oxygen atoms in total. The molecule has 6 heteroatoms. The number of hydrogen-bond donors (Lipinski definition) is 2. The highest BCUT2D eigenvalue weighted by molar-refractivity contribution is 6.35. The summed E-state index contributed by atoms with van der Waals surface area (Å²) in [5.41, 5.74) is 5.24. The van der Waals surface area contributed by atoms with Gasteiger partial charge in [-0.25, -0.2) is 0 Å². The standard InChI is InChI=1S/C6H11N3O2.ClH/c7-1-3-9-4-2-8-5(10)6(9)11;/h1-4,7H2,(H,8,10);1H. The van der Waals surface area contributed by atoms with Crippen LogP contribution in [0.25, 0.3) is 0 Å². The van der Waals surface area contributed by atoms with E-state index in [9.17, 15) is 9.59 Å². The van der Waals surface area contributed by atoms with Gasteiger partial charge in [-0.1, -0.05) is 0 Å². The third-order valence-electron chi connectivity index (χ3n) is 1.55. The highest BCUT2D eigenvalue weighted by Gasteiger charge is 2.24. The van der Waals surface area contributed by atoms with Gasteiger partial charge in [-0.05, 0) is 0 Å². The summed E-state index contributed by atoms with van der Waals surface area (Å²) < 4.78 is 0. The van der Waals surface area contributed by atoms with Crippen LogP contribution >= 0.6 is 12.4 Å². The summed E-state index contributed by atoms with van der Waals surface area (Å²) in [5, 5.41) is 2.45. The minimum Gasteiger partial charge on any atom is -0.346 e. The maximum atomic E-state index is 11.0. The van der Waals surface area contributed by atoms with Crippen LogP contribution in [0.3, 0.4) is 0 Å². The van der Waals surface area contributed by atoms with Crippen LogP contribution in [0, 0.1) is 0 Å². The van der Waals surface area contributed by atoms with E-state index in [0.29, 0.717) is 26.2 Å². The summed E-state index contributed by atoms with van der Waals surface area (Å²) >= 11 is 0. The van der Waals surface area contributed by atoms with Crippen molar-refractivity contribution >= 4 is 24.2 Å². The summed E-state index contributed by atoms with van der Waals surface area (Å²) in [6.45, 7) is 1.97. The van der Waals surface area contributed by atoms with E-state index in [4.69, 9.17) is 5.73 Å². The van der Waals surface area contributed by atoms with Crippen molar-refractivity contribution in [3.63, 3.8) is 0 Å². The number of nitrogens with one attached hydrogen (secondary N) is 1. The Kier molecular flexibility index (Phi) is 4.61. The number of halogens is 1. The summed E-state index contributed by atoms with van der Waals surface area (Å²) in [6, 6.07) is 0. The van der Waals surface area contributed by atoms with Crippen molar-refractivity contribution < 1.29 is 9.59 Å². The van der Waals surface area contributed by atoms with Gasteiger partial charge in [-0.2, -0.15) is 0 Å². The van der Waals surface area contributed by atoms with Crippen LogP contribution in [0.5, 0.6) is 0 Å². The highest BCUT2D eigenvalue weighted by Crippen LogP contribution is 1.93. The SMILES string of the molecule is Cl.NCCN1CCNC(=O)C1=O. The van der Waals surface area contributed by atoms with Crippen LogP contribution in [-0.4, -0.2) is 42.9 Å². The van der Waals surface area contributed by atoms with Crippen LogP contribution in [0.2, 0.25) is 0 Å². The normalized spacial score (nSPS) is 16.9. The molecule has 0 spiro atoms. The molecule has 0 radical (unpaired) electrons. The molecule has 2 amide bonds. The van der Waals surface area contributed by atoms with E-state index in [0.717, 1.165) is 0 Å². The predicted octanol–water partition coefficient (Wildman–Crippen LogP) is -1.67. The number of nitrogens with two attached hydrogens (primary N) is 1. The minimum absolute atomic E-state index is 0. The largest absolute Gasteiger partial charge is 0.346 e. The number of carbonyl (C=O) groups excluding carboxylic acids is 2. The molecule has 1 fully saturated rings. The Morgan fingerprint density at radius 2 is 2.17 bits per heavy atom. The lowest BCUT2D eigenvalue weighted by Gasteiger charge is -2.25. The van der Waals surface area contributed by atoms with Crippen molar-refractivity contribution in [3.8, 4) is 0 Å². The summed E-state index contributed by atoms with van der Waals surface area (Å²) in [5.74, 6) is -0.994. The predicted molar refractivity (Wildman–Crippen MR) is 45.9 cm³/mol. The lowest BCUT2D eigenvalue weighted by Crippen LogP contribution is -2.53. The average Bonchev–Trinajstić information content (AvgIpc) is 1.99. The Bertz CT molecular complexity index is 184. The zero-order valence-corrected chi connectivity index (χ0v) is 7.39. The molecule has 1 aliphatic rings. The molecule has 70 valence electrons. The Hall–Kier alpha value is -0.810. The van der Waals surface area contributed by atoms with Gasteiger partial charge >= 0.3 is 11.8 Å². The first-order valence-corrected chi connectivity index (χ1v) is 3.53. The third kappa shape index (κ3) is 2.35. The molecule has 1 heterocycles. The van der Waals surface area contributed by atoms with Gasteiger partial charge in [0.15, 0.2) is 0 Å². The number of rotatable bonds is 2. The monoisotopic (exact) mass is 193 g/mol. The van der Waals surface area contributed by atoms with Crippen LogP contribution in [0.4, 0.5) is 0 Å². The van der Waals surface area contributed by atoms with Gasteiger partial charge in [0.25, 0.3) is 0 Å². The zero-order valence-electron chi connectivity index (χ0n) is 6.58. The first-order valence-electron chi connectivity index (χ1n) is 3.53. The van der Waals surface area contributed by atoms with E-state index >= 15 is 0 Å². The van der Waals surface area contributed by atoms with Gasteiger partial charge < -0.3 is 16.0 Å². The number of hydrogen-bond acceptors (Lipinski definition) is 3. The molecule has 0 saturated carbocycles. The lowest BCUT2D eigenvalue weighted by atomic mass is 10.3. The molecule has 0 bridgehead atoms. The van der Waals surface area contributed by atoms with Crippen LogP contribution in [0.15, 0.2) is 0 Å². The van der Waals surface area contributed by atoms with Gasteiger partial charge in [-0.15, -0.1) is 12.4 Å². The fraction of sp³-hybridized carbons (Fsp3) is 0.667. The van der Waals surface area contributed by atoms with E-state index < -0.39 is 11.8 Å². The van der Waals surface area contributed by atoms with Crippen molar-refractivity contribution in [2.75, 3.05) is 26.2 Å². The van der Waals surface area contributed by atoms with Gasteiger partial charge in [-0.3, -0.25) is 9.59 Å². The molecule has 1 aliphatic heterocycles. The summed E-state index contributed by atoms with van der Waals surface area (Å²) in [7, 11) is 0. The Balaban J connectivity index is 0.00000121. The molecule has 0 aromatic carbocycles. The molecule has 0 aromatic heterocycles. The quantitative estimate of drug-likeness (QED) is 0.515. The van der Waals surface area contributed by atoms with Crippen molar-refractivity contribution in [2.24, 2.45) is 5.73 Å². The Morgan fingerprint density at radius 1 is 1.50 bits per heavy atom. The van der Waals surface area contributed by atoms with Crippen molar-refractivity contribution in [3.05, 3.63) is 0 Å². The second kappa shape index (κ2) is 4.95. The summed E-state index contributed by atoms with van der Waals surface area (Å²) in [4.78, 5) is 23.2. The van der Waals surface area contributed by atoms with E-state index in [-0.39, 0.29) is 12.4 Å². The van der Waals surface area contributed by atoms with E-state index in [1.165, 1.54) is 4.90 Å².